The number of amides is 1. The second-order valence-corrected chi connectivity index (χ2v) is 4.77. The number of carboxylic acid groups (broad SMARTS) is 1. The Balaban J connectivity index is 2.28. The highest BCUT2D eigenvalue weighted by Crippen LogP contribution is 2.22. The molecule has 1 fully saturated rings. The summed E-state index contributed by atoms with van der Waals surface area (Å²) in [6.07, 6.45) is 1.14. The van der Waals surface area contributed by atoms with Crippen LogP contribution in [-0.4, -0.2) is 39.5 Å². The predicted octanol–water partition coefficient (Wildman–Crippen LogP) is 2.08. The molecule has 0 aromatic carbocycles. The number of carboxylic acids is 1. The molecule has 1 saturated heterocycles. The number of rotatable bonds is 2. The average molecular weight is 289 g/mol. The summed E-state index contributed by atoms with van der Waals surface area (Å²) >= 11 is 11.4. The molecule has 1 N–H and O–H groups in total. The average Bonchev–Trinajstić information content (AvgIpc) is 2.75. The lowest BCUT2D eigenvalue weighted by Gasteiger charge is -2.21. The van der Waals surface area contributed by atoms with Crippen LogP contribution in [0.5, 0.6) is 0 Å². The maximum atomic E-state index is 12.2. The smallest absolute Gasteiger partial charge is 0.326 e. The minimum absolute atomic E-state index is 0.108. The molecule has 0 bridgehead atoms. The molecule has 0 saturated carbocycles. The predicted molar refractivity (Wildman–Crippen MR) is 66.0 cm³/mol. The third-order valence-corrected chi connectivity index (χ3v) is 3.20. The van der Waals surface area contributed by atoms with Gasteiger partial charge in [-0.05, 0) is 25.0 Å². The Kier molecular flexibility index (Phi) is 3.73. The fourth-order valence-corrected chi connectivity index (χ4v) is 2.48. The molecule has 18 heavy (non-hydrogen) atoms. The van der Waals surface area contributed by atoms with Crippen LogP contribution in [0.25, 0.3) is 0 Å². The van der Waals surface area contributed by atoms with Crippen molar-refractivity contribution in [3.8, 4) is 0 Å². The molecule has 2 rings (SSSR count). The van der Waals surface area contributed by atoms with Crippen LogP contribution in [-0.2, 0) is 4.79 Å². The van der Waals surface area contributed by atoms with Gasteiger partial charge in [0.25, 0.3) is 5.91 Å². The first-order chi connectivity index (χ1) is 8.49. The molecule has 1 aliphatic rings. The highest BCUT2D eigenvalue weighted by Gasteiger charge is 2.34. The fraction of sp³-hybridized carbons (Fsp3) is 0.364. The third-order valence-electron chi connectivity index (χ3n) is 2.81. The molecule has 96 valence electrons. The SMILES string of the molecule is O=C(O)[C@H]1CCCN1C(=O)c1cc(Cl)nc(Cl)c1. The van der Waals surface area contributed by atoms with Gasteiger partial charge in [-0.25, -0.2) is 9.78 Å². The van der Waals surface area contributed by atoms with E-state index in [0.29, 0.717) is 19.4 Å². The van der Waals surface area contributed by atoms with E-state index in [1.54, 1.807) is 0 Å². The molecule has 2 heterocycles. The van der Waals surface area contributed by atoms with Crippen LogP contribution in [0.3, 0.4) is 0 Å². The number of hydrogen-bond donors (Lipinski definition) is 1. The van der Waals surface area contributed by atoms with Crippen molar-refractivity contribution in [1.29, 1.82) is 0 Å². The van der Waals surface area contributed by atoms with Crippen LogP contribution in [0.15, 0.2) is 12.1 Å². The highest BCUT2D eigenvalue weighted by molar-refractivity contribution is 6.33. The number of pyridine rings is 1. The van der Waals surface area contributed by atoms with Crippen LogP contribution in [0.4, 0.5) is 0 Å². The Labute approximate surface area is 113 Å². The molecule has 0 unspecified atom stereocenters. The first-order valence-electron chi connectivity index (χ1n) is 5.36. The molecule has 5 nitrogen and oxygen atoms in total. The van der Waals surface area contributed by atoms with Crippen molar-refractivity contribution < 1.29 is 14.7 Å². The van der Waals surface area contributed by atoms with Gasteiger partial charge in [-0.1, -0.05) is 23.2 Å². The molecule has 0 spiro atoms. The van der Waals surface area contributed by atoms with Gasteiger partial charge in [0.05, 0.1) is 0 Å². The Bertz CT molecular complexity index is 487. The number of carbonyl (C=O) groups excluding carboxylic acids is 1. The number of likely N-dealkylation sites (tertiary alicyclic amines) is 1. The van der Waals surface area contributed by atoms with E-state index in [1.807, 2.05) is 0 Å². The van der Waals surface area contributed by atoms with Crippen LogP contribution >= 0.6 is 23.2 Å². The molecule has 1 aromatic rings. The number of nitrogens with zero attached hydrogens (tertiary/aromatic N) is 2. The minimum atomic E-state index is -0.993. The zero-order valence-electron chi connectivity index (χ0n) is 9.27. The summed E-state index contributed by atoms with van der Waals surface area (Å²) in [7, 11) is 0. The van der Waals surface area contributed by atoms with Crippen molar-refractivity contribution in [2.45, 2.75) is 18.9 Å². The normalized spacial score (nSPS) is 19.0. The largest absolute Gasteiger partial charge is 0.480 e. The summed E-state index contributed by atoms with van der Waals surface area (Å²) in [6.45, 7) is 0.424. The van der Waals surface area contributed by atoms with E-state index < -0.39 is 12.0 Å². The Morgan fingerprint density at radius 3 is 2.50 bits per heavy atom. The van der Waals surface area contributed by atoms with E-state index in [4.69, 9.17) is 28.3 Å². The summed E-state index contributed by atoms with van der Waals surface area (Å²) in [5, 5.41) is 9.25. The molecule has 1 amide bonds. The summed E-state index contributed by atoms with van der Waals surface area (Å²) in [6, 6.07) is 1.99. The maximum Gasteiger partial charge on any atom is 0.326 e. The molecule has 1 atom stereocenters. The van der Waals surface area contributed by atoms with Crippen molar-refractivity contribution in [2.24, 2.45) is 0 Å². The highest BCUT2D eigenvalue weighted by atomic mass is 35.5. The van der Waals surface area contributed by atoms with Gasteiger partial charge >= 0.3 is 5.97 Å². The third kappa shape index (κ3) is 2.57. The number of hydrogen-bond acceptors (Lipinski definition) is 3. The Hall–Kier alpha value is -1.33. The van der Waals surface area contributed by atoms with Gasteiger partial charge in [-0.3, -0.25) is 4.79 Å². The molecule has 1 aromatic heterocycles. The van der Waals surface area contributed by atoms with Gasteiger partial charge in [0.1, 0.15) is 16.3 Å². The maximum absolute atomic E-state index is 12.2. The van der Waals surface area contributed by atoms with Crippen LogP contribution in [0.1, 0.15) is 23.2 Å². The number of halogens is 2. The van der Waals surface area contributed by atoms with Crippen molar-refractivity contribution in [2.75, 3.05) is 6.54 Å². The van der Waals surface area contributed by atoms with Gasteiger partial charge in [0.2, 0.25) is 0 Å². The van der Waals surface area contributed by atoms with Gasteiger partial charge in [-0.2, -0.15) is 0 Å². The van der Waals surface area contributed by atoms with Crippen molar-refractivity contribution in [3.05, 3.63) is 28.0 Å². The molecular weight excluding hydrogens is 279 g/mol. The van der Waals surface area contributed by atoms with Gasteiger partial charge in [-0.15, -0.1) is 0 Å². The first-order valence-corrected chi connectivity index (χ1v) is 6.11. The van der Waals surface area contributed by atoms with Crippen LogP contribution in [0, 0.1) is 0 Å². The van der Waals surface area contributed by atoms with E-state index in [9.17, 15) is 9.59 Å². The number of aliphatic carboxylic acids is 1. The van der Waals surface area contributed by atoms with E-state index in [2.05, 4.69) is 4.98 Å². The fourth-order valence-electron chi connectivity index (χ4n) is 2.02. The zero-order valence-corrected chi connectivity index (χ0v) is 10.8. The molecule has 0 aliphatic carbocycles. The molecule has 1 aliphatic heterocycles. The lowest BCUT2D eigenvalue weighted by Crippen LogP contribution is -2.40. The summed E-state index contributed by atoms with van der Waals surface area (Å²) in [5.74, 6) is -1.38. The van der Waals surface area contributed by atoms with Crippen LogP contribution < -0.4 is 0 Å². The van der Waals surface area contributed by atoms with Crippen molar-refractivity contribution >= 4 is 35.1 Å². The van der Waals surface area contributed by atoms with Gasteiger partial charge < -0.3 is 10.0 Å². The quantitative estimate of drug-likeness (QED) is 0.846. The standard InChI is InChI=1S/C11H10Cl2N2O3/c12-8-4-6(5-9(13)14-8)10(16)15-3-1-2-7(15)11(17)18/h4-5,7H,1-3H2,(H,17,18)/t7-/m1/s1. The topological polar surface area (TPSA) is 70.5 Å². The van der Waals surface area contributed by atoms with Gasteiger partial charge in [0, 0.05) is 12.1 Å². The first kappa shape index (κ1) is 13.1. The Morgan fingerprint density at radius 1 is 1.33 bits per heavy atom. The number of aromatic nitrogens is 1. The van der Waals surface area contributed by atoms with Crippen molar-refractivity contribution in [3.63, 3.8) is 0 Å². The van der Waals surface area contributed by atoms with Crippen molar-refractivity contribution in [1.82, 2.24) is 9.88 Å². The minimum Gasteiger partial charge on any atom is -0.480 e. The van der Waals surface area contributed by atoms with E-state index in [-0.39, 0.29) is 21.8 Å². The van der Waals surface area contributed by atoms with E-state index >= 15 is 0 Å². The summed E-state index contributed by atoms with van der Waals surface area (Å²) < 4.78 is 0. The van der Waals surface area contributed by atoms with E-state index in [1.165, 1.54) is 17.0 Å². The summed E-state index contributed by atoms with van der Waals surface area (Å²) in [5.41, 5.74) is 0.258. The lowest BCUT2D eigenvalue weighted by molar-refractivity contribution is -0.141. The molecular formula is C11H10Cl2N2O3. The Morgan fingerprint density at radius 2 is 1.94 bits per heavy atom. The van der Waals surface area contributed by atoms with Crippen LogP contribution in [0.2, 0.25) is 10.3 Å². The van der Waals surface area contributed by atoms with E-state index in [0.717, 1.165) is 0 Å². The monoisotopic (exact) mass is 288 g/mol. The van der Waals surface area contributed by atoms with Gasteiger partial charge in [0.15, 0.2) is 0 Å². The molecule has 0 radical (unpaired) electrons. The summed E-state index contributed by atoms with van der Waals surface area (Å²) in [4.78, 5) is 28.3. The second kappa shape index (κ2) is 5.12. The molecule has 7 heteroatoms. The number of carbonyl (C=O) groups is 2. The second-order valence-electron chi connectivity index (χ2n) is 4.00. The zero-order chi connectivity index (χ0) is 13.3. The lowest BCUT2D eigenvalue weighted by atomic mass is 10.2.